The summed E-state index contributed by atoms with van der Waals surface area (Å²) in [6.45, 7) is 4.53. The third-order valence-electron chi connectivity index (χ3n) is 3.53. The summed E-state index contributed by atoms with van der Waals surface area (Å²) in [5.74, 6) is 1.52. The lowest BCUT2D eigenvalue weighted by molar-refractivity contribution is 0.247. The Balaban J connectivity index is 2.26. The van der Waals surface area contributed by atoms with Crippen molar-refractivity contribution in [3.8, 4) is 0 Å². The van der Waals surface area contributed by atoms with Crippen LogP contribution in [-0.2, 0) is 0 Å². The minimum absolute atomic E-state index is 0.438. The smallest absolute Gasteiger partial charge is 0.00696 e. The van der Waals surface area contributed by atoms with Gasteiger partial charge in [-0.3, -0.25) is 0 Å². The number of nitrogens with two attached hydrogens (primary N) is 1. The van der Waals surface area contributed by atoms with Gasteiger partial charge in [0, 0.05) is 12.1 Å². The van der Waals surface area contributed by atoms with E-state index in [2.05, 4.69) is 26.2 Å². The molecule has 14 heavy (non-hydrogen) atoms. The number of hydrogen-bond acceptors (Lipinski definition) is 2. The van der Waals surface area contributed by atoms with Crippen LogP contribution in [0.5, 0.6) is 0 Å². The molecule has 1 atom stereocenters. The molecule has 84 valence electrons. The van der Waals surface area contributed by atoms with Gasteiger partial charge in [-0.05, 0) is 51.0 Å². The minimum Gasteiger partial charge on any atom is -0.327 e. The van der Waals surface area contributed by atoms with Crippen molar-refractivity contribution in [1.82, 2.24) is 5.32 Å². The van der Waals surface area contributed by atoms with Crippen LogP contribution in [-0.4, -0.2) is 19.1 Å². The van der Waals surface area contributed by atoms with E-state index in [1.54, 1.807) is 0 Å². The Morgan fingerprint density at radius 2 is 1.79 bits per heavy atom. The SMILES string of the molecule is CNC1CCC(C(N)CC(C)C)CC1. The molecule has 0 amide bonds. The van der Waals surface area contributed by atoms with Crippen molar-refractivity contribution in [3.63, 3.8) is 0 Å². The van der Waals surface area contributed by atoms with E-state index in [9.17, 15) is 0 Å². The fourth-order valence-corrected chi connectivity index (χ4v) is 2.57. The molecule has 0 saturated heterocycles. The van der Waals surface area contributed by atoms with Crippen LogP contribution in [0.2, 0.25) is 0 Å². The molecule has 3 N–H and O–H groups in total. The van der Waals surface area contributed by atoms with Crippen LogP contribution in [0.3, 0.4) is 0 Å². The maximum absolute atomic E-state index is 6.22. The predicted molar refractivity (Wildman–Crippen MR) is 62.2 cm³/mol. The summed E-state index contributed by atoms with van der Waals surface area (Å²) in [7, 11) is 2.07. The van der Waals surface area contributed by atoms with Gasteiger partial charge in [0.15, 0.2) is 0 Å². The summed E-state index contributed by atoms with van der Waals surface area (Å²) in [6.07, 6.45) is 6.45. The van der Waals surface area contributed by atoms with Crippen LogP contribution < -0.4 is 11.1 Å². The van der Waals surface area contributed by atoms with E-state index >= 15 is 0 Å². The Hall–Kier alpha value is -0.0800. The molecule has 1 saturated carbocycles. The Labute approximate surface area is 88.6 Å². The maximum Gasteiger partial charge on any atom is 0.00696 e. The van der Waals surface area contributed by atoms with Crippen LogP contribution >= 0.6 is 0 Å². The Bertz CT molecular complexity index is 148. The van der Waals surface area contributed by atoms with E-state index in [4.69, 9.17) is 5.73 Å². The summed E-state index contributed by atoms with van der Waals surface area (Å²) >= 11 is 0. The van der Waals surface area contributed by atoms with Gasteiger partial charge in [0.05, 0.1) is 0 Å². The van der Waals surface area contributed by atoms with E-state index in [0.717, 1.165) is 17.9 Å². The maximum atomic E-state index is 6.22. The summed E-state index contributed by atoms with van der Waals surface area (Å²) < 4.78 is 0. The van der Waals surface area contributed by atoms with E-state index in [-0.39, 0.29) is 0 Å². The Morgan fingerprint density at radius 1 is 1.21 bits per heavy atom. The monoisotopic (exact) mass is 198 g/mol. The van der Waals surface area contributed by atoms with Gasteiger partial charge < -0.3 is 11.1 Å². The summed E-state index contributed by atoms with van der Waals surface area (Å²) in [4.78, 5) is 0. The molecule has 0 bridgehead atoms. The van der Waals surface area contributed by atoms with Gasteiger partial charge >= 0.3 is 0 Å². The quantitative estimate of drug-likeness (QED) is 0.726. The molecule has 0 aromatic rings. The first-order valence-electron chi connectivity index (χ1n) is 6.06. The highest BCUT2D eigenvalue weighted by molar-refractivity contribution is 4.82. The highest BCUT2D eigenvalue weighted by atomic mass is 14.9. The lowest BCUT2D eigenvalue weighted by Crippen LogP contribution is -2.38. The van der Waals surface area contributed by atoms with Gasteiger partial charge in [0.25, 0.3) is 0 Å². The second kappa shape index (κ2) is 5.72. The molecular formula is C12H26N2. The molecule has 2 nitrogen and oxygen atoms in total. The topological polar surface area (TPSA) is 38.0 Å². The fraction of sp³-hybridized carbons (Fsp3) is 1.00. The normalized spacial score (nSPS) is 30.6. The van der Waals surface area contributed by atoms with Crippen LogP contribution in [0.1, 0.15) is 46.0 Å². The van der Waals surface area contributed by atoms with E-state index in [0.29, 0.717) is 6.04 Å². The summed E-state index contributed by atoms with van der Waals surface area (Å²) in [5.41, 5.74) is 6.22. The van der Waals surface area contributed by atoms with Gasteiger partial charge in [-0.15, -0.1) is 0 Å². The van der Waals surface area contributed by atoms with Crippen LogP contribution in [0, 0.1) is 11.8 Å². The minimum atomic E-state index is 0.438. The Morgan fingerprint density at radius 3 is 2.21 bits per heavy atom. The third-order valence-corrected chi connectivity index (χ3v) is 3.53. The molecule has 0 spiro atoms. The van der Waals surface area contributed by atoms with Gasteiger partial charge in [0.1, 0.15) is 0 Å². The molecule has 1 fully saturated rings. The first kappa shape index (κ1) is 12.0. The van der Waals surface area contributed by atoms with Crippen molar-refractivity contribution in [2.75, 3.05) is 7.05 Å². The molecule has 2 heteroatoms. The zero-order valence-electron chi connectivity index (χ0n) is 9.92. The number of hydrogen-bond donors (Lipinski definition) is 2. The second-order valence-corrected chi connectivity index (χ2v) is 5.19. The van der Waals surface area contributed by atoms with E-state index in [1.165, 1.54) is 32.1 Å². The zero-order chi connectivity index (χ0) is 10.6. The lowest BCUT2D eigenvalue weighted by Gasteiger charge is -2.32. The molecule has 1 unspecified atom stereocenters. The van der Waals surface area contributed by atoms with Crippen LogP contribution in [0.25, 0.3) is 0 Å². The predicted octanol–water partition coefficient (Wildman–Crippen LogP) is 2.14. The molecule has 0 heterocycles. The first-order chi connectivity index (χ1) is 6.63. The van der Waals surface area contributed by atoms with Gasteiger partial charge in [-0.1, -0.05) is 13.8 Å². The van der Waals surface area contributed by atoms with Crippen molar-refractivity contribution < 1.29 is 0 Å². The Kier molecular flexibility index (Phi) is 4.90. The molecule has 0 radical (unpaired) electrons. The molecule has 0 aromatic heterocycles. The largest absolute Gasteiger partial charge is 0.327 e. The summed E-state index contributed by atoms with van der Waals surface area (Å²) in [5, 5.41) is 3.36. The number of nitrogens with one attached hydrogen (secondary N) is 1. The van der Waals surface area contributed by atoms with Crippen molar-refractivity contribution >= 4 is 0 Å². The third kappa shape index (κ3) is 3.58. The highest BCUT2D eigenvalue weighted by Crippen LogP contribution is 2.28. The van der Waals surface area contributed by atoms with Gasteiger partial charge in [0.2, 0.25) is 0 Å². The van der Waals surface area contributed by atoms with Crippen LogP contribution in [0.4, 0.5) is 0 Å². The van der Waals surface area contributed by atoms with Crippen molar-refractivity contribution in [3.05, 3.63) is 0 Å². The fourth-order valence-electron chi connectivity index (χ4n) is 2.57. The second-order valence-electron chi connectivity index (χ2n) is 5.19. The molecular weight excluding hydrogens is 172 g/mol. The van der Waals surface area contributed by atoms with Crippen molar-refractivity contribution in [2.24, 2.45) is 17.6 Å². The van der Waals surface area contributed by atoms with E-state index in [1.807, 2.05) is 0 Å². The molecule has 0 aliphatic heterocycles. The van der Waals surface area contributed by atoms with Crippen LogP contribution in [0.15, 0.2) is 0 Å². The molecule has 1 aliphatic rings. The average Bonchev–Trinajstić information content (AvgIpc) is 2.17. The lowest BCUT2D eigenvalue weighted by atomic mass is 9.79. The van der Waals surface area contributed by atoms with Crippen molar-refractivity contribution in [1.29, 1.82) is 0 Å². The average molecular weight is 198 g/mol. The molecule has 1 aliphatic carbocycles. The first-order valence-corrected chi connectivity index (χ1v) is 6.06. The molecule has 0 aromatic carbocycles. The van der Waals surface area contributed by atoms with Gasteiger partial charge in [-0.2, -0.15) is 0 Å². The standard InChI is InChI=1S/C12H26N2/c1-9(2)8-12(13)10-4-6-11(14-3)7-5-10/h9-12,14H,4-8,13H2,1-3H3. The van der Waals surface area contributed by atoms with Crippen molar-refractivity contribution in [2.45, 2.75) is 58.0 Å². The van der Waals surface area contributed by atoms with E-state index < -0.39 is 0 Å². The summed E-state index contributed by atoms with van der Waals surface area (Å²) in [6, 6.07) is 1.19. The molecule has 1 rings (SSSR count). The highest BCUT2D eigenvalue weighted by Gasteiger charge is 2.24. The van der Waals surface area contributed by atoms with Gasteiger partial charge in [-0.25, -0.2) is 0 Å². The number of rotatable bonds is 4. The zero-order valence-corrected chi connectivity index (χ0v) is 9.92.